The largest absolute Gasteiger partial charge is 0.490 e. The number of benzene rings is 1. The van der Waals surface area contributed by atoms with Crippen LogP contribution in [0, 0.1) is 12.8 Å². The second kappa shape index (κ2) is 21.1. The van der Waals surface area contributed by atoms with Crippen LogP contribution in [-0.2, 0) is 32.0 Å². The van der Waals surface area contributed by atoms with Crippen molar-refractivity contribution in [2.45, 2.75) is 57.6 Å². The molecule has 1 fully saturated rings. The van der Waals surface area contributed by atoms with Gasteiger partial charge in [0, 0.05) is 37.1 Å². The number of hydrogen-bond donors (Lipinski definition) is 6. The number of anilines is 6. The quantitative estimate of drug-likeness (QED) is 0.110. The van der Waals surface area contributed by atoms with Crippen LogP contribution in [0.2, 0.25) is 5.02 Å². The topological polar surface area (TPSA) is 233 Å². The van der Waals surface area contributed by atoms with Crippen molar-refractivity contribution in [2.24, 2.45) is 5.92 Å². The molecule has 6 bridgehead atoms. The third kappa shape index (κ3) is 16.6. The molecule has 1 saturated heterocycles. The Morgan fingerprint density at radius 1 is 0.787 bits per heavy atom. The van der Waals surface area contributed by atoms with Gasteiger partial charge in [-0.2, -0.15) is 49.6 Å². The molecule has 0 saturated carbocycles. The van der Waals surface area contributed by atoms with E-state index < -0.39 is 36.4 Å². The van der Waals surface area contributed by atoms with Crippen LogP contribution in [0.3, 0.4) is 0 Å². The summed E-state index contributed by atoms with van der Waals surface area (Å²) >= 11 is 6.38. The average Bonchev–Trinajstić information content (AvgIpc) is 3.17. The molecule has 0 aliphatic carbocycles. The van der Waals surface area contributed by atoms with Crippen molar-refractivity contribution in [3.05, 3.63) is 76.8 Å². The van der Waals surface area contributed by atoms with Crippen LogP contribution in [-0.4, -0.2) is 95.9 Å². The van der Waals surface area contributed by atoms with Gasteiger partial charge in [0.15, 0.2) is 11.6 Å². The molecule has 1 amide bonds. The predicted molar refractivity (Wildman–Crippen MR) is 198 cm³/mol. The van der Waals surface area contributed by atoms with E-state index in [-0.39, 0.29) is 5.91 Å². The van der Waals surface area contributed by atoms with Gasteiger partial charge in [-0.25, -0.2) is 19.4 Å². The van der Waals surface area contributed by atoms with Crippen LogP contribution in [0.25, 0.3) is 0 Å². The van der Waals surface area contributed by atoms with Gasteiger partial charge in [0.25, 0.3) is 0 Å². The normalized spacial score (nSPS) is 13.8. The number of carbonyl (C=O) groups excluding carboxylic acids is 1. The Morgan fingerprint density at radius 2 is 1.38 bits per heavy atom. The number of carboxylic acids is 3. The Morgan fingerprint density at radius 3 is 1.92 bits per heavy atom. The molecule has 4 aromatic rings. The molecule has 330 valence electrons. The summed E-state index contributed by atoms with van der Waals surface area (Å²) in [6, 6.07) is 11.9. The lowest BCUT2D eigenvalue weighted by Gasteiger charge is -2.32. The zero-order valence-electron chi connectivity index (χ0n) is 31.2. The fourth-order valence-electron chi connectivity index (χ4n) is 5.14. The Labute approximate surface area is 343 Å². The second-order valence-electron chi connectivity index (χ2n) is 12.7. The van der Waals surface area contributed by atoms with Crippen molar-refractivity contribution in [1.82, 2.24) is 25.1 Å². The summed E-state index contributed by atoms with van der Waals surface area (Å²) in [6.07, 6.45) is -6.24. The van der Waals surface area contributed by atoms with E-state index in [1.165, 1.54) is 0 Å². The van der Waals surface area contributed by atoms with E-state index in [0.29, 0.717) is 29.1 Å². The summed E-state index contributed by atoms with van der Waals surface area (Å²) in [6.45, 7) is 3.68. The number of alkyl halides is 9. The number of pyridine rings is 1. The molecule has 6 N–H and O–H groups in total. The number of aromatic nitrogens is 5. The molecule has 0 unspecified atom stereocenters. The van der Waals surface area contributed by atoms with E-state index >= 15 is 0 Å². The van der Waals surface area contributed by atoms with Crippen LogP contribution >= 0.6 is 11.6 Å². The predicted octanol–water partition coefficient (Wildman–Crippen LogP) is 7.35. The number of nitrogens with one attached hydrogen (secondary N) is 3. The van der Waals surface area contributed by atoms with Crippen molar-refractivity contribution in [2.75, 3.05) is 33.9 Å². The number of piperidine rings is 1. The minimum Gasteiger partial charge on any atom is -0.475 e. The molecule has 0 spiro atoms. The van der Waals surface area contributed by atoms with Crippen LogP contribution in [0.4, 0.5) is 74.2 Å². The van der Waals surface area contributed by atoms with Gasteiger partial charge < -0.3 is 36.2 Å². The maximum absolute atomic E-state index is 13.2. The molecule has 0 atom stereocenters. The SMILES string of the molecule is Cc1ccc(N2CCC(CC(=O)Nc3ccc4cc3CCc3cncc(c3)Nc3ncc(Cl)c(n3)N4)CC2)nn1.O=C(O)C(F)(F)F.O=C(O)C(F)(F)F.O=C(O)C(F)(F)F. The minimum absolute atomic E-state index is 0.0322. The zero-order valence-corrected chi connectivity index (χ0v) is 31.9. The lowest BCUT2D eigenvalue weighted by Crippen LogP contribution is -2.35. The highest BCUT2D eigenvalue weighted by Crippen LogP contribution is 2.30. The zero-order chi connectivity index (χ0) is 45.7. The third-order valence-electron chi connectivity index (χ3n) is 8.04. The smallest absolute Gasteiger partial charge is 0.475 e. The maximum Gasteiger partial charge on any atom is 0.490 e. The third-order valence-corrected chi connectivity index (χ3v) is 8.32. The second-order valence-corrected chi connectivity index (χ2v) is 13.1. The Kier molecular flexibility index (Phi) is 16.9. The highest BCUT2D eigenvalue weighted by Gasteiger charge is 2.39. The molecule has 5 heterocycles. The average molecular weight is 898 g/mol. The van der Waals surface area contributed by atoms with E-state index in [1.54, 1.807) is 12.4 Å². The van der Waals surface area contributed by atoms with E-state index in [1.807, 2.05) is 49.5 Å². The standard InChI is InChI=1S/C29H30ClN9O.3C2HF3O2/c1-18-2-7-26(38-37-18)39-10-8-19(9-11-39)13-27(40)35-25-6-5-22-14-21(25)4-3-20-12-23(16-31-15-20)34-29-32-17-24(30)28(33-22)36-29;3*3-2(4,5)1(6)7/h2,5-7,12,14-17,19H,3-4,8-11,13H2,1H3,(H,35,40)(H2,32,33,34,36);3*(H,6,7). The molecule has 2 aliphatic heterocycles. The number of hydrogen-bond acceptors (Lipinski definition) is 12. The summed E-state index contributed by atoms with van der Waals surface area (Å²) in [4.78, 5) is 55.3. The minimum atomic E-state index is -5.08. The number of nitrogens with zero attached hydrogens (tertiary/aromatic N) is 6. The van der Waals surface area contributed by atoms with Crippen LogP contribution in [0.5, 0.6) is 0 Å². The van der Waals surface area contributed by atoms with Gasteiger partial charge in [0.2, 0.25) is 11.9 Å². The van der Waals surface area contributed by atoms with Gasteiger partial charge in [-0.05, 0) is 86.1 Å². The first kappa shape index (κ1) is 48.8. The maximum atomic E-state index is 13.2. The lowest BCUT2D eigenvalue weighted by atomic mass is 9.93. The molecular weight excluding hydrogens is 865 g/mol. The number of amides is 1. The number of aryl methyl sites for hydroxylation is 3. The van der Waals surface area contributed by atoms with Gasteiger partial charge in [-0.3, -0.25) is 9.78 Å². The fraction of sp³-hybridized carbons (Fsp3) is 0.343. The molecule has 26 heteroatoms. The molecule has 3 aromatic heterocycles. The number of halogens is 10. The van der Waals surface area contributed by atoms with Gasteiger partial charge in [0.1, 0.15) is 5.02 Å². The van der Waals surface area contributed by atoms with Crippen LogP contribution in [0.15, 0.2) is 55.0 Å². The monoisotopic (exact) mass is 897 g/mol. The summed E-state index contributed by atoms with van der Waals surface area (Å²) < 4.78 is 95.2. The van der Waals surface area contributed by atoms with Crippen molar-refractivity contribution < 1.29 is 74.0 Å². The highest BCUT2D eigenvalue weighted by atomic mass is 35.5. The lowest BCUT2D eigenvalue weighted by molar-refractivity contribution is -0.193. The summed E-state index contributed by atoms with van der Waals surface area (Å²) in [5.74, 6) is -6.09. The first-order valence-electron chi connectivity index (χ1n) is 17.2. The van der Waals surface area contributed by atoms with E-state index in [2.05, 4.69) is 46.0 Å². The van der Waals surface area contributed by atoms with Gasteiger partial charge in [0.05, 0.1) is 23.8 Å². The van der Waals surface area contributed by atoms with Crippen molar-refractivity contribution in [3.8, 4) is 0 Å². The van der Waals surface area contributed by atoms with Gasteiger partial charge in [-0.1, -0.05) is 11.6 Å². The molecule has 1 aromatic carbocycles. The van der Waals surface area contributed by atoms with E-state index in [9.17, 15) is 44.3 Å². The number of rotatable bonds is 4. The summed E-state index contributed by atoms with van der Waals surface area (Å²) in [5, 5.41) is 39.9. The van der Waals surface area contributed by atoms with Crippen LogP contribution in [0.1, 0.15) is 36.1 Å². The highest BCUT2D eigenvalue weighted by molar-refractivity contribution is 6.32. The van der Waals surface area contributed by atoms with Crippen molar-refractivity contribution in [1.29, 1.82) is 0 Å². The van der Waals surface area contributed by atoms with Gasteiger partial charge in [-0.15, -0.1) is 5.10 Å². The van der Waals surface area contributed by atoms with Crippen LogP contribution < -0.4 is 20.9 Å². The molecule has 16 nitrogen and oxygen atoms in total. The number of carboxylic acid groups (broad SMARTS) is 3. The number of aliphatic carboxylic acids is 3. The van der Waals surface area contributed by atoms with Crippen molar-refractivity contribution in [3.63, 3.8) is 0 Å². The molecule has 61 heavy (non-hydrogen) atoms. The molecular formula is C35H33ClF9N9O7. The Bertz CT molecular complexity index is 2100. The molecule has 0 radical (unpaired) electrons. The molecule has 6 rings (SSSR count). The van der Waals surface area contributed by atoms with Gasteiger partial charge >= 0.3 is 36.4 Å². The fourth-order valence-corrected chi connectivity index (χ4v) is 5.28. The Balaban J connectivity index is 0.000000390. The van der Waals surface area contributed by atoms with Crippen molar-refractivity contribution >= 4 is 70.1 Å². The summed E-state index contributed by atoms with van der Waals surface area (Å²) in [5.41, 5.74) is 5.44. The number of fused-ring (bicyclic) bond motifs is 6. The Hall–Kier alpha value is -6.53. The summed E-state index contributed by atoms with van der Waals surface area (Å²) in [7, 11) is 0. The number of carbonyl (C=O) groups is 4. The molecule has 2 aliphatic rings. The van der Waals surface area contributed by atoms with E-state index in [4.69, 9.17) is 41.3 Å². The first-order chi connectivity index (χ1) is 28.3. The van der Waals surface area contributed by atoms with E-state index in [0.717, 1.165) is 78.5 Å². The first-order valence-corrected chi connectivity index (χ1v) is 17.6.